The molecule has 1 aliphatic carbocycles. The molecule has 2 aromatic rings. The highest BCUT2D eigenvalue weighted by molar-refractivity contribution is 5.93. The molecule has 25 heavy (non-hydrogen) atoms. The maximum atomic E-state index is 12.6. The van der Waals surface area contributed by atoms with Crippen molar-refractivity contribution in [3.63, 3.8) is 0 Å². The Balaban J connectivity index is 1.52. The van der Waals surface area contributed by atoms with E-state index in [9.17, 15) is 14.7 Å². The van der Waals surface area contributed by atoms with E-state index in [1.807, 2.05) is 36.0 Å². The van der Waals surface area contributed by atoms with E-state index in [-0.39, 0.29) is 11.9 Å². The molecule has 1 saturated carbocycles. The number of hydrogen-bond acceptors (Lipinski definition) is 3. The van der Waals surface area contributed by atoms with Crippen LogP contribution in [0.5, 0.6) is 0 Å². The zero-order valence-corrected chi connectivity index (χ0v) is 14.2. The molecule has 2 heterocycles. The molecule has 1 aliphatic heterocycles. The standard InChI is InChI=1S/C18H22N4O3/c1-2-22-15-8-14(6-5-12(15)9-19-22)20-17(25)21-10-13-4-3-7-18(13,11-21)16(23)24/h5-6,8-9,13H,2-4,7,10-11H2,1H3,(H,20,25)(H,23,24)/t13-,18+/m0/s1. The fourth-order valence-electron chi connectivity index (χ4n) is 4.40. The van der Waals surface area contributed by atoms with Crippen molar-refractivity contribution in [2.45, 2.75) is 32.7 Å². The zero-order valence-electron chi connectivity index (χ0n) is 14.2. The highest BCUT2D eigenvalue weighted by atomic mass is 16.4. The van der Waals surface area contributed by atoms with Gasteiger partial charge in [-0.25, -0.2) is 4.79 Å². The van der Waals surface area contributed by atoms with E-state index in [2.05, 4.69) is 10.4 Å². The summed E-state index contributed by atoms with van der Waals surface area (Å²) in [5.74, 6) is -0.696. The summed E-state index contributed by atoms with van der Waals surface area (Å²) in [6.07, 6.45) is 4.29. The molecule has 7 heteroatoms. The lowest BCUT2D eigenvalue weighted by molar-refractivity contribution is -0.149. The van der Waals surface area contributed by atoms with Crippen LogP contribution in [0.2, 0.25) is 0 Å². The van der Waals surface area contributed by atoms with Gasteiger partial charge in [0.05, 0.1) is 17.1 Å². The number of nitrogens with zero attached hydrogens (tertiary/aromatic N) is 3. The van der Waals surface area contributed by atoms with Crippen LogP contribution in [-0.2, 0) is 11.3 Å². The lowest BCUT2D eigenvalue weighted by Crippen LogP contribution is -2.38. The molecule has 0 bridgehead atoms. The number of anilines is 1. The fourth-order valence-corrected chi connectivity index (χ4v) is 4.40. The van der Waals surface area contributed by atoms with Crippen LogP contribution in [0.4, 0.5) is 10.5 Å². The molecular formula is C18H22N4O3. The summed E-state index contributed by atoms with van der Waals surface area (Å²) >= 11 is 0. The average Bonchev–Trinajstić information content (AvgIpc) is 3.26. The third-order valence-electron chi connectivity index (χ3n) is 5.78. The number of carboxylic acid groups (broad SMARTS) is 1. The van der Waals surface area contributed by atoms with Gasteiger partial charge in [-0.1, -0.05) is 6.42 Å². The first kappa shape index (κ1) is 15.9. The average molecular weight is 342 g/mol. The van der Waals surface area contributed by atoms with E-state index >= 15 is 0 Å². The lowest BCUT2D eigenvalue weighted by Gasteiger charge is -2.23. The first-order valence-corrected chi connectivity index (χ1v) is 8.78. The van der Waals surface area contributed by atoms with Gasteiger partial charge in [0.1, 0.15) is 0 Å². The number of hydrogen-bond donors (Lipinski definition) is 2. The molecule has 4 rings (SSSR count). The number of carbonyl (C=O) groups is 2. The molecule has 0 radical (unpaired) electrons. The van der Waals surface area contributed by atoms with Crippen molar-refractivity contribution in [1.29, 1.82) is 0 Å². The van der Waals surface area contributed by atoms with Crippen molar-refractivity contribution in [3.05, 3.63) is 24.4 Å². The van der Waals surface area contributed by atoms with Gasteiger partial charge >= 0.3 is 12.0 Å². The lowest BCUT2D eigenvalue weighted by atomic mass is 9.81. The van der Waals surface area contributed by atoms with Gasteiger partial charge in [0.15, 0.2) is 0 Å². The number of aryl methyl sites for hydroxylation is 1. The number of amides is 2. The number of rotatable bonds is 3. The quantitative estimate of drug-likeness (QED) is 0.898. The van der Waals surface area contributed by atoms with Crippen LogP contribution in [0, 0.1) is 11.3 Å². The summed E-state index contributed by atoms with van der Waals surface area (Å²) in [6.45, 7) is 3.60. The summed E-state index contributed by atoms with van der Waals surface area (Å²) in [7, 11) is 0. The van der Waals surface area contributed by atoms with Gasteiger partial charge in [0, 0.05) is 30.7 Å². The van der Waals surface area contributed by atoms with Crippen molar-refractivity contribution < 1.29 is 14.7 Å². The number of carboxylic acids is 1. The third kappa shape index (κ3) is 2.45. The minimum absolute atomic E-state index is 0.0692. The number of aliphatic carboxylic acids is 1. The number of carbonyl (C=O) groups excluding carboxylic acids is 1. The van der Waals surface area contributed by atoms with Crippen molar-refractivity contribution in [1.82, 2.24) is 14.7 Å². The molecule has 7 nitrogen and oxygen atoms in total. The molecule has 2 N–H and O–H groups in total. The molecule has 2 aliphatic rings. The predicted molar refractivity (Wildman–Crippen MR) is 93.4 cm³/mol. The Morgan fingerprint density at radius 1 is 1.44 bits per heavy atom. The number of urea groups is 1. The summed E-state index contributed by atoms with van der Waals surface area (Å²) in [6, 6.07) is 5.47. The van der Waals surface area contributed by atoms with Crippen LogP contribution in [0.3, 0.4) is 0 Å². The van der Waals surface area contributed by atoms with Crippen molar-refractivity contribution in [3.8, 4) is 0 Å². The van der Waals surface area contributed by atoms with E-state index in [4.69, 9.17) is 0 Å². The van der Waals surface area contributed by atoms with E-state index in [0.29, 0.717) is 25.2 Å². The second-order valence-corrected chi connectivity index (χ2v) is 7.10. The zero-order chi connectivity index (χ0) is 17.6. The normalized spacial score (nSPS) is 25.3. The molecular weight excluding hydrogens is 320 g/mol. The van der Waals surface area contributed by atoms with Crippen LogP contribution < -0.4 is 5.32 Å². The maximum absolute atomic E-state index is 12.6. The molecule has 0 unspecified atom stereocenters. The van der Waals surface area contributed by atoms with Gasteiger partial charge in [-0.2, -0.15) is 5.10 Å². The molecule has 2 fully saturated rings. The molecule has 1 saturated heterocycles. The number of aromatic nitrogens is 2. The molecule has 1 aromatic heterocycles. The first-order valence-electron chi connectivity index (χ1n) is 8.78. The maximum Gasteiger partial charge on any atom is 0.321 e. The number of likely N-dealkylation sites (tertiary alicyclic amines) is 1. The van der Waals surface area contributed by atoms with E-state index in [1.165, 1.54) is 0 Å². The Bertz CT molecular complexity index is 846. The highest BCUT2D eigenvalue weighted by Gasteiger charge is 2.55. The molecule has 2 atom stereocenters. The van der Waals surface area contributed by atoms with Crippen LogP contribution in [0.25, 0.3) is 10.9 Å². The number of nitrogens with one attached hydrogen (secondary N) is 1. The van der Waals surface area contributed by atoms with Crippen molar-refractivity contribution in [2.75, 3.05) is 18.4 Å². The fraction of sp³-hybridized carbons (Fsp3) is 0.500. The van der Waals surface area contributed by atoms with Crippen LogP contribution in [0.1, 0.15) is 26.2 Å². The Hall–Kier alpha value is -2.57. The van der Waals surface area contributed by atoms with Gasteiger partial charge in [0.2, 0.25) is 0 Å². The van der Waals surface area contributed by atoms with Crippen molar-refractivity contribution in [2.24, 2.45) is 11.3 Å². The van der Waals surface area contributed by atoms with Gasteiger partial charge in [-0.15, -0.1) is 0 Å². The number of benzene rings is 1. The van der Waals surface area contributed by atoms with Crippen LogP contribution in [-0.4, -0.2) is 44.9 Å². The minimum Gasteiger partial charge on any atom is -0.481 e. The Kier molecular flexibility index (Phi) is 3.67. The smallest absolute Gasteiger partial charge is 0.321 e. The second-order valence-electron chi connectivity index (χ2n) is 7.10. The molecule has 2 amide bonds. The van der Waals surface area contributed by atoms with Gasteiger partial charge in [0.25, 0.3) is 0 Å². The molecule has 1 aromatic carbocycles. The third-order valence-corrected chi connectivity index (χ3v) is 5.78. The first-order chi connectivity index (χ1) is 12.0. The summed E-state index contributed by atoms with van der Waals surface area (Å²) in [5, 5.41) is 17.9. The largest absolute Gasteiger partial charge is 0.481 e. The predicted octanol–water partition coefficient (Wildman–Crippen LogP) is 2.77. The van der Waals surface area contributed by atoms with E-state index in [0.717, 1.165) is 30.3 Å². The summed E-state index contributed by atoms with van der Waals surface area (Å²) in [5.41, 5.74) is 0.928. The number of fused-ring (bicyclic) bond motifs is 2. The Morgan fingerprint density at radius 3 is 3.00 bits per heavy atom. The highest BCUT2D eigenvalue weighted by Crippen LogP contribution is 2.48. The minimum atomic E-state index is -0.765. The van der Waals surface area contributed by atoms with Crippen molar-refractivity contribution >= 4 is 28.6 Å². The van der Waals surface area contributed by atoms with E-state index in [1.54, 1.807) is 4.90 Å². The molecule has 0 spiro atoms. The Morgan fingerprint density at radius 2 is 2.28 bits per heavy atom. The van der Waals surface area contributed by atoms with Crippen LogP contribution >= 0.6 is 0 Å². The molecule has 132 valence electrons. The Labute approximate surface area is 145 Å². The van der Waals surface area contributed by atoms with Gasteiger partial charge < -0.3 is 15.3 Å². The SMILES string of the molecule is CCn1ncc2ccc(NC(=O)N3C[C@@H]4CCC[C@@]4(C(=O)O)C3)cc21. The van der Waals surface area contributed by atoms with Gasteiger partial charge in [-0.3, -0.25) is 9.48 Å². The summed E-state index contributed by atoms with van der Waals surface area (Å²) < 4.78 is 1.88. The monoisotopic (exact) mass is 342 g/mol. The second kappa shape index (κ2) is 5.75. The van der Waals surface area contributed by atoms with E-state index < -0.39 is 11.4 Å². The summed E-state index contributed by atoms with van der Waals surface area (Å²) in [4.78, 5) is 26.0. The topological polar surface area (TPSA) is 87.5 Å². The van der Waals surface area contributed by atoms with Gasteiger partial charge in [-0.05, 0) is 43.9 Å². The van der Waals surface area contributed by atoms with Crippen LogP contribution in [0.15, 0.2) is 24.4 Å².